The number of aryl methyl sites for hydroxylation is 2. The molecule has 0 saturated heterocycles. The Morgan fingerprint density at radius 1 is 1.22 bits per heavy atom. The first-order valence-electron chi connectivity index (χ1n) is 5.04. The van der Waals surface area contributed by atoms with Crippen molar-refractivity contribution in [1.82, 2.24) is 24.9 Å². The second-order valence-electron chi connectivity index (χ2n) is 3.71. The molecular weight excluding hydrogens is 272 g/mol. The van der Waals surface area contributed by atoms with Crippen molar-refractivity contribution < 1.29 is 4.68 Å². The summed E-state index contributed by atoms with van der Waals surface area (Å²) in [7, 11) is 6.98. The van der Waals surface area contributed by atoms with Gasteiger partial charge in [-0.3, -0.25) is 0 Å². The van der Waals surface area contributed by atoms with Crippen molar-refractivity contribution in [2.45, 2.75) is 0 Å². The van der Waals surface area contributed by atoms with Crippen molar-refractivity contribution in [2.24, 2.45) is 19.2 Å². The van der Waals surface area contributed by atoms with Crippen LogP contribution in [0.3, 0.4) is 0 Å². The molecule has 0 unspecified atom stereocenters. The maximum atomic E-state index is 5.11. The third kappa shape index (κ3) is 2.16. The van der Waals surface area contributed by atoms with Gasteiger partial charge in [0.15, 0.2) is 5.11 Å². The molecule has 1 aromatic heterocycles. The van der Waals surface area contributed by atoms with Crippen molar-refractivity contribution in [3.63, 3.8) is 0 Å². The van der Waals surface area contributed by atoms with Crippen LogP contribution in [0.2, 0.25) is 0 Å². The molecule has 0 N–H and O–H groups in total. The maximum Gasteiger partial charge on any atom is 0.391 e. The van der Waals surface area contributed by atoms with Gasteiger partial charge in [0, 0.05) is 32.1 Å². The normalized spacial score (nSPS) is 15.6. The minimum Gasteiger partial charge on any atom is -0.367 e. The molecule has 0 bridgehead atoms. The van der Waals surface area contributed by atoms with Crippen LogP contribution >= 0.6 is 24.4 Å². The second-order valence-corrected chi connectivity index (χ2v) is 4.44. The maximum absolute atomic E-state index is 5.11. The molecule has 0 amide bonds. The summed E-state index contributed by atoms with van der Waals surface area (Å²) in [5, 5.41) is 16.2. The highest BCUT2D eigenvalue weighted by Gasteiger charge is 2.15. The fourth-order valence-electron chi connectivity index (χ4n) is 1.38. The number of rotatable bonds is 1. The van der Waals surface area contributed by atoms with Crippen molar-refractivity contribution in [3.05, 3.63) is 16.0 Å². The summed E-state index contributed by atoms with van der Waals surface area (Å²) in [5.74, 6) is 0.768. The van der Waals surface area contributed by atoms with Crippen LogP contribution < -0.4 is 4.68 Å². The zero-order valence-electron chi connectivity index (χ0n) is 10.4. The number of thiocarbonyl (C=S) groups is 1. The lowest BCUT2D eigenvalue weighted by molar-refractivity contribution is -0.742. The quantitative estimate of drug-likeness (QED) is 0.511. The Balaban J connectivity index is 2.47. The van der Waals surface area contributed by atoms with Crippen LogP contribution in [0.25, 0.3) is 5.43 Å². The lowest BCUT2D eigenvalue weighted by atomic mass is 10.5. The Kier molecular flexibility index (Phi) is 3.22. The highest BCUT2D eigenvalue weighted by Crippen LogP contribution is 2.13. The summed E-state index contributed by atoms with van der Waals surface area (Å²) in [6.45, 7) is 0. The topological polar surface area (TPSA) is 67.5 Å². The first kappa shape index (κ1) is 12.8. The van der Waals surface area contributed by atoms with Crippen molar-refractivity contribution in [3.8, 4) is 0 Å². The largest absolute Gasteiger partial charge is 0.391 e. The van der Waals surface area contributed by atoms with E-state index in [-0.39, 0.29) is 0 Å². The van der Waals surface area contributed by atoms with Gasteiger partial charge in [-0.2, -0.15) is 0 Å². The smallest absolute Gasteiger partial charge is 0.367 e. The molecule has 0 atom stereocenters. The van der Waals surface area contributed by atoms with Crippen molar-refractivity contribution in [1.29, 1.82) is 0 Å². The van der Waals surface area contributed by atoms with Crippen molar-refractivity contribution in [2.75, 3.05) is 14.1 Å². The summed E-state index contributed by atoms with van der Waals surface area (Å²) >= 11 is 10.2. The van der Waals surface area contributed by atoms with E-state index in [9.17, 15) is 0 Å². The van der Waals surface area contributed by atoms with E-state index in [0.29, 0.717) is 21.5 Å². The van der Waals surface area contributed by atoms with Crippen LogP contribution in [0.5, 0.6) is 0 Å². The number of nitrogens with zero attached hydrogens (tertiary/aromatic N) is 8. The van der Waals surface area contributed by atoms with Crippen LogP contribution in [0.1, 0.15) is 5.82 Å². The molecule has 0 saturated carbocycles. The van der Waals surface area contributed by atoms with E-state index in [1.165, 1.54) is 0 Å². The minimum atomic E-state index is 0.384. The van der Waals surface area contributed by atoms with Gasteiger partial charge in [-0.25, -0.2) is 0 Å². The summed E-state index contributed by atoms with van der Waals surface area (Å²) in [6, 6.07) is 0. The summed E-state index contributed by atoms with van der Waals surface area (Å²) in [6.07, 6.45) is 0. The highest BCUT2D eigenvalue weighted by atomic mass is 32.1. The Morgan fingerprint density at radius 2 is 1.89 bits per heavy atom. The summed E-state index contributed by atoms with van der Waals surface area (Å²) in [4.78, 5) is 0. The van der Waals surface area contributed by atoms with E-state index in [2.05, 4.69) is 20.7 Å². The molecule has 1 aromatic rings. The zero-order chi connectivity index (χ0) is 13.4. The molecule has 0 fully saturated rings. The minimum absolute atomic E-state index is 0.384. The number of hydrazone groups is 1. The molecule has 1 aliphatic rings. The molecule has 0 radical (unpaired) electrons. The van der Waals surface area contributed by atoms with Crippen LogP contribution in [0, 0.1) is 4.77 Å². The highest BCUT2D eigenvalue weighted by molar-refractivity contribution is 7.80. The lowest BCUT2D eigenvalue weighted by Crippen LogP contribution is -2.44. The first-order chi connectivity index (χ1) is 8.40. The second kappa shape index (κ2) is 4.53. The third-order valence-corrected chi connectivity index (χ3v) is 3.34. The van der Waals surface area contributed by atoms with Gasteiger partial charge >= 0.3 is 4.77 Å². The summed E-state index contributed by atoms with van der Waals surface area (Å²) < 4.78 is 3.60. The van der Waals surface area contributed by atoms with Gasteiger partial charge in [0.05, 0.1) is 0 Å². The molecule has 8 nitrogen and oxygen atoms in total. The van der Waals surface area contributed by atoms with Gasteiger partial charge in [-0.15, -0.1) is 9.36 Å². The van der Waals surface area contributed by atoms with Crippen LogP contribution in [-0.2, 0) is 14.1 Å². The van der Waals surface area contributed by atoms with E-state index in [4.69, 9.17) is 24.4 Å². The third-order valence-electron chi connectivity index (χ3n) is 2.29. The van der Waals surface area contributed by atoms with Gasteiger partial charge < -0.3 is 20.5 Å². The molecule has 0 spiro atoms. The fourth-order valence-corrected chi connectivity index (χ4v) is 1.54. The first-order valence-corrected chi connectivity index (χ1v) is 5.85. The van der Waals surface area contributed by atoms with Gasteiger partial charge in [0.1, 0.15) is 14.1 Å². The molecule has 10 heteroatoms. The Morgan fingerprint density at radius 3 is 2.44 bits per heavy atom. The molecule has 2 heterocycles. The Labute approximate surface area is 114 Å². The average molecular weight is 284 g/mol. The van der Waals surface area contributed by atoms with E-state index in [0.717, 1.165) is 0 Å². The van der Waals surface area contributed by atoms with Crippen LogP contribution in [0.15, 0.2) is 5.10 Å². The number of hydrogen-bond donors (Lipinski definition) is 0. The van der Waals surface area contributed by atoms with Gasteiger partial charge in [-0.05, 0) is 12.2 Å². The van der Waals surface area contributed by atoms with E-state index in [1.807, 2.05) is 0 Å². The van der Waals surface area contributed by atoms with E-state index in [1.54, 1.807) is 47.6 Å². The zero-order valence-corrected chi connectivity index (χ0v) is 12.0. The lowest BCUT2D eigenvalue weighted by Gasteiger charge is -2.40. The molecule has 18 heavy (non-hydrogen) atoms. The predicted molar refractivity (Wildman–Crippen MR) is 71.0 cm³/mol. The summed E-state index contributed by atoms with van der Waals surface area (Å²) in [5.41, 5.74) is 4.21. The monoisotopic (exact) mass is 284 g/mol. The number of aromatic nitrogens is 4. The van der Waals surface area contributed by atoms with E-state index < -0.39 is 0 Å². The van der Waals surface area contributed by atoms with Crippen LogP contribution in [-0.4, -0.2) is 49.9 Å². The van der Waals surface area contributed by atoms with Crippen LogP contribution in [0.4, 0.5) is 0 Å². The molecule has 0 aromatic carbocycles. The van der Waals surface area contributed by atoms with E-state index >= 15 is 0 Å². The molecule has 1 aliphatic heterocycles. The van der Waals surface area contributed by atoms with Gasteiger partial charge in [0.2, 0.25) is 5.82 Å². The predicted octanol–water partition coefficient (Wildman–Crippen LogP) is -0.519. The number of hydrogen-bond acceptors (Lipinski definition) is 5. The Hall–Kier alpha value is -1.68. The van der Waals surface area contributed by atoms with Crippen molar-refractivity contribution >= 4 is 35.4 Å². The fraction of sp³-hybridized carbons (Fsp3) is 0.500. The standard InChI is InChI=1S/C8H12N8S2/c1-13-7(17)14(2)10-5(9-13)6-11-15(3)8(18)16(4)12-6/h1-4H3. The molecule has 96 valence electrons. The molecular formula is C8H12N8S2. The Bertz CT molecular complexity index is 565. The van der Waals surface area contributed by atoms with Gasteiger partial charge in [0.25, 0.3) is 0 Å². The molecule has 2 rings (SSSR count). The average Bonchev–Trinajstić information content (AvgIpc) is 2.31. The van der Waals surface area contributed by atoms with Gasteiger partial charge in [-0.1, -0.05) is 10.2 Å². The molecule has 0 aliphatic carbocycles. The number of amidine groups is 1. The SMILES string of the molecule is CN1N=C(c2nn(C)c(=S)[n+](C)n2)[N-]N(C)C1=S.